The minimum atomic E-state index is 0.309. The van der Waals surface area contributed by atoms with Crippen LogP contribution < -0.4 is 10.1 Å². The fourth-order valence-corrected chi connectivity index (χ4v) is 2.24. The van der Waals surface area contributed by atoms with Gasteiger partial charge in [-0.15, -0.1) is 0 Å². The summed E-state index contributed by atoms with van der Waals surface area (Å²) in [6.45, 7) is 7.32. The molecule has 1 N–H and O–H groups in total. The van der Waals surface area contributed by atoms with Crippen LogP contribution in [0.5, 0.6) is 5.88 Å². The fraction of sp³-hybridized carbons (Fsp3) is 0.667. The van der Waals surface area contributed by atoms with Crippen molar-refractivity contribution in [3.8, 4) is 5.88 Å². The molecular weight excluding hydrogens is 238 g/mol. The summed E-state index contributed by atoms with van der Waals surface area (Å²) >= 11 is 0. The number of nitrogens with one attached hydrogen (secondary N) is 1. The van der Waals surface area contributed by atoms with E-state index < -0.39 is 0 Å². The summed E-state index contributed by atoms with van der Waals surface area (Å²) in [6, 6.07) is 4.53. The average molecular weight is 263 g/mol. The van der Waals surface area contributed by atoms with Crippen molar-refractivity contribution >= 4 is 0 Å². The van der Waals surface area contributed by atoms with Crippen LogP contribution in [0, 0.1) is 0 Å². The maximum atomic E-state index is 6.09. The molecule has 0 amide bonds. The monoisotopic (exact) mass is 263 g/mol. The molecule has 2 rings (SSSR count). The Hall–Kier alpha value is -1.13. The first-order valence-corrected chi connectivity index (χ1v) is 7.17. The van der Waals surface area contributed by atoms with Crippen LogP contribution >= 0.6 is 0 Å². The minimum absolute atomic E-state index is 0.309. The van der Waals surface area contributed by atoms with Crippen LogP contribution in [-0.4, -0.2) is 42.2 Å². The third-order valence-corrected chi connectivity index (χ3v) is 3.49. The van der Waals surface area contributed by atoms with Gasteiger partial charge in [0.25, 0.3) is 0 Å². The Labute approximate surface area is 116 Å². The molecule has 1 aromatic rings. The van der Waals surface area contributed by atoms with Crippen LogP contribution in [0.3, 0.4) is 0 Å². The van der Waals surface area contributed by atoms with Gasteiger partial charge < -0.3 is 15.0 Å². The first-order valence-electron chi connectivity index (χ1n) is 7.17. The van der Waals surface area contributed by atoms with Crippen molar-refractivity contribution in [2.75, 3.05) is 20.1 Å². The molecule has 0 bridgehead atoms. The molecule has 1 saturated heterocycles. The Kier molecular flexibility index (Phi) is 5.16. The van der Waals surface area contributed by atoms with Crippen LogP contribution in [0.25, 0.3) is 0 Å². The predicted octanol–water partition coefficient (Wildman–Crippen LogP) is 2.05. The Morgan fingerprint density at radius 2 is 2.16 bits per heavy atom. The Morgan fingerprint density at radius 3 is 2.84 bits per heavy atom. The van der Waals surface area contributed by atoms with E-state index in [2.05, 4.69) is 42.2 Å². The van der Waals surface area contributed by atoms with E-state index in [0.29, 0.717) is 12.1 Å². The quantitative estimate of drug-likeness (QED) is 0.882. The zero-order valence-corrected chi connectivity index (χ0v) is 12.2. The number of pyridine rings is 1. The topological polar surface area (TPSA) is 37.4 Å². The molecule has 0 aliphatic carbocycles. The lowest BCUT2D eigenvalue weighted by Gasteiger charge is -2.29. The van der Waals surface area contributed by atoms with Crippen LogP contribution in [0.4, 0.5) is 0 Å². The molecule has 0 aromatic carbocycles. The average Bonchev–Trinajstić information content (AvgIpc) is 2.40. The number of hydrogen-bond acceptors (Lipinski definition) is 4. The lowest BCUT2D eigenvalue weighted by molar-refractivity contribution is 0.109. The molecule has 1 aromatic heterocycles. The van der Waals surface area contributed by atoms with Crippen LogP contribution in [-0.2, 0) is 6.54 Å². The maximum absolute atomic E-state index is 6.09. The Bertz CT molecular complexity index is 387. The zero-order valence-electron chi connectivity index (χ0n) is 12.2. The van der Waals surface area contributed by atoms with Gasteiger partial charge in [-0.3, -0.25) is 0 Å². The van der Waals surface area contributed by atoms with E-state index in [-0.39, 0.29) is 0 Å². The molecule has 4 heteroatoms. The van der Waals surface area contributed by atoms with Crippen molar-refractivity contribution in [3.63, 3.8) is 0 Å². The van der Waals surface area contributed by atoms with Crippen LogP contribution in [0.2, 0.25) is 0 Å². The maximum Gasteiger partial charge on any atom is 0.218 e. The smallest absolute Gasteiger partial charge is 0.218 e. The van der Waals surface area contributed by atoms with Crippen LogP contribution in [0.1, 0.15) is 32.3 Å². The second-order valence-electron chi connectivity index (χ2n) is 5.62. The largest absolute Gasteiger partial charge is 0.474 e. The summed E-state index contributed by atoms with van der Waals surface area (Å²) in [6.07, 6.45) is 4.29. The van der Waals surface area contributed by atoms with E-state index in [1.807, 2.05) is 12.3 Å². The van der Waals surface area contributed by atoms with Gasteiger partial charge in [-0.2, -0.15) is 0 Å². The number of nitrogens with zero attached hydrogens (tertiary/aromatic N) is 2. The summed E-state index contributed by atoms with van der Waals surface area (Å²) in [5, 5.41) is 3.42. The minimum Gasteiger partial charge on any atom is -0.474 e. The van der Waals surface area contributed by atoms with Crippen molar-refractivity contribution in [1.82, 2.24) is 15.2 Å². The van der Waals surface area contributed by atoms with Crippen molar-refractivity contribution in [2.45, 2.75) is 45.4 Å². The van der Waals surface area contributed by atoms with Crippen molar-refractivity contribution in [2.24, 2.45) is 0 Å². The normalized spacial score (nSPS) is 17.9. The number of rotatable bonds is 5. The SMILES string of the molecule is CC(C)NCc1cccnc1OC1CCN(C)CC1. The highest BCUT2D eigenvalue weighted by Crippen LogP contribution is 2.20. The molecule has 2 heterocycles. The molecule has 1 fully saturated rings. The second-order valence-corrected chi connectivity index (χ2v) is 5.62. The number of ether oxygens (including phenoxy) is 1. The molecule has 106 valence electrons. The van der Waals surface area contributed by atoms with Gasteiger partial charge in [0.15, 0.2) is 0 Å². The highest BCUT2D eigenvalue weighted by molar-refractivity contribution is 5.25. The highest BCUT2D eigenvalue weighted by atomic mass is 16.5. The molecule has 0 radical (unpaired) electrons. The predicted molar refractivity (Wildman–Crippen MR) is 77.4 cm³/mol. The first kappa shape index (κ1) is 14.3. The molecule has 1 aliphatic heterocycles. The third kappa shape index (κ3) is 4.48. The standard InChI is InChI=1S/C15H25N3O/c1-12(2)17-11-13-5-4-8-16-15(13)19-14-6-9-18(3)10-7-14/h4-5,8,12,14,17H,6-7,9-11H2,1-3H3. The molecule has 19 heavy (non-hydrogen) atoms. The third-order valence-electron chi connectivity index (χ3n) is 3.49. The van der Waals surface area contributed by atoms with Gasteiger partial charge in [-0.05, 0) is 26.0 Å². The summed E-state index contributed by atoms with van der Waals surface area (Å²) in [7, 11) is 2.16. The van der Waals surface area contributed by atoms with Gasteiger partial charge in [-0.1, -0.05) is 19.9 Å². The Balaban J connectivity index is 1.95. The van der Waals surface area contributed by atoms with Crippen molar-refractivity contribution < 1.29 is 4.74 Å². The van der Waals surface area contributed by atoms with E-state index in [4.69, 9.17) is 4.74 Å². The van der Waals surface area contributed by atoms with E-state index in [1.165, 1.54) is 0 Å². The van der Waals surface area contributed by atoms with Gasteiger partial charge in [-0.25, -0.2) is 4.98 Å². The van der Waals surface area contributed by atoms with Gasteiger partial charge >= 0.3 is 0 Å². The molecular formula is C15H25N3O. The Morgan fingerprint density at radius 1 is 1.42 bits per heavy atom. The van der Waals surface area contributed by atoms with Crippen molar-refractivity contribution in [3.05, 3.63) is 23.9 Å². The molecule has 0 atom stereocenters. The van der Waals surface area contributed by atoms with E-state index in [9.17, 15) is 0 Å². The number of piperidine rings is 1. The molecule has 0 unspecified atom stereocenters. The van der Waals surface area contributed by atoms with Gasteiger partial charge in [0, 0.05) is 37.4 Å². The molecule has 0 saturated carbocycles. The fourth-order valence-electron chi connectivity index (χ4n) is 2.24. The first-order chi connectivity index (χ1) is 9.15. The van der Waals surface area contributed by atoms with E-state index >= 15 is 0 Å². The summed E-state index contributed by atoms with van der Waals surface area (Å²) in [5.74, 6) is 0.796. The van der Waals surface area contributed by atoms with E-state index in [0.717, 1.165) is 43.9 Å². The zero-order chi connectivity index (χ0) is 13.7. The number of hydrogen-bond donors (Lipinski definition) is 1. The lowest BCUT2D eigenvalue weighted by atomic mass is 10.1. The number of aromatic nitrogens is 1. The molecule has 4 nitrogen and oxygen atoms in total. The number of likely N-dealkylation sites (tertiary alicyclic amines) is 1. The summed E-state index contributed by atoms with van der Waals surface area (Å²) in [5.41, 5.74) is 1.15. The lowest BCUT2D eigenvalue weighted by Crippen LogP contribution is -2.36. The van der Waals surface area contributed by atoms with Crippen LogP contribution in [0.15, 0.2) is 18.3 Å². The van der Waals surface area contributed by atoms with Gasteiger partial charge in [0.05, 0.1) is 0 Å². The summed E-state index contributed by atoms with van der Waals surface area (Å²) in [4.78, 5) is 6.74. The summed E-state index contributed by atoms with van der Waals surface area (Å²) < 4.78 is 6.09. The molecule has 0 spiro atoms. The molecule has 1 aliphatic rings. The second kappa shape index (κ2) is 6.87. The van der Waals surface area contributed by atoms with Crippen molar-refractivity contribution in [1.29, 1.82) is 0 Å². The van der Waals surface area contributed by atoms with Gasteiger partial charge in [0.2, 0.25) is 5.88 Å². The van der Waals surface area contributed by atoms with Gasteiger partial charge in [0.1, 0.15) is 6.10 Å². The highest BCUT2D eigenvalue weighted by Gasteiger charge is 2.19. The van der Waals surface area contributed by atoms with E-state index in [1.54, 1.807) is 0 Å².